The normalized spacial score (nSPS) is 20.1. The van der Waals surface area contributed by atoms with Gasteiger partial charge in [0.1, 0.15) is 17.0 Å². The molecule has 0 aromatic heterocycles. The molecule has 0 spiro atoms. The third kappa shape index (κ3) is 4.02. The topological polar surface area (TPSA) is 64.8 Å². The maximum absolute atomic E-state index is 12.2. The first-order valence-electron chi connectivity index (χ1n) is 9.13. The minimum absolute atomic E-state index is 0.159. The smallest absolute Gasteiger partial charge is 0.410 e. The van der Waals surface area contributed by atoms with E-state index in [0.29, 0.717) is 19.0 Å². The van der Waals surface area contributed by atoms with E-state index in [1.807, 2.05) is 20.8 Å². The summed E-state index contributed by atoms with van der Waals surface area (Å²) in [5.41, 5.74) is 8.90. The van der Waals surface area contributed by atoms with Crippen LogP contribution in [0.2, 0.25) is 0 Å². The van der Waals surface area contributed by atoms with Crippen LogP contribution in [0.1, 0.15) is 64.5 Å². The Morgan fingerprint density at radius 1 is 1.28 bits per heavy atom. The summed E-state index contributed by atoms with van der Waals surface area (Å²) in [7, 11) is 0. The highest BCUT2D eigenvalue weighted by molar-refractivity contribution is 5.68. The fourth-order valence-corrected chi connectivity index (χ4v) is 3.74. The molecule has 2 aliphatic rings. The number of carbonyl (C=O) groups excluding carboxylic acids is 1. The highest BCUT2D eigenvalue weighted by Crippen LogP contribution is 2.41. The molecule has 5 heteroatoms. The number of nitrogens with zero attached hydrogens (tertiary/aromatic N) is 1. The van der Waals surface area contributed by atoms with Gasteiger partial charge in [-0.2, -0.15) is 0 Å². The molecule has 0 radical (unpaired) electrons. The summed E-state index contributed by atoms with van der Waals surface area (Å²) >= 11 is 0. The van der Waals surface area contributed by atoms with Crippen LogP contribution in [-0.2, 0) is 11.2 Å². The molecule has 2 aliphatic heterocycles. The molecule has 25 heavy (non-hydrogen) atoms. The van der Waals surface area contributed by atoms with Crippen LogP contribution in [0.4, 0.5) is 10.5 Å². The van der Waals surface area contributed by atoms with E-state index < -0.39 is 5.60 Å². The van der Waals surface area contributed by atoms with Gasteiger partial charge in [0.25, 0.3) is 0 Å². The number of likely N-dealkylation sites (tertiary alicyclic amines) is 1. The number of anilines is 1. The van der Waals surface area contributed by atoms with Crippen molar-refractivity contribution in [3.05, 3.63) is 23.3 Å². The van der Waals surface area contributed by atoms with E-state index in [-0.39, 0.29) is 11.7 Å². The van der Waals surface area contributed by atoms with Crippen molar-refractivity contribution in [2.75, 3.05) is 18.8 Å². The SMILES string of the molecule is CC(C)(C)OC(=O)N1CCC(c2cc3c(cc2N)CC(C)(C)O3)CC1. The highest BCUT2D eigenvalue weighted by atomic mass is 16.6. The van der Waals surface area contributed by atoms with Gasteiger partial charge in [0, 0.05) is 30.8 Å². The van der Waals surface area contributed by atoms with Gasteiger partial charge in [0.2, 0.25) is 0 Å². The van der Waals surface area contributed by atoms with Gasteiger partial charge >= 0.3 is 6.09 Å². The second-order valence-corrected chi connectivity index (χ2v) is 8.87. The van der Waals surface area contributed by atoms with Crippen LogP contribution in [0.15, 0.2) is 12.1 Å². The third-order valence-electron chi connectivity index (χ3n) is 4.86. The van der Waals surface area contributed by atoms with Gasteiger partial charge in [-0.15, -0.1) is 0 Å². The summed E-state index contributed by atoms with van der Waals surface area (Å²) in [6.45, 7) is 11.3. The lowest BCUT2D eigenvalue weighted by atomic mass is 9.87. The van der Waals surface area contributed by atoms with Crippen LogP contribution in [0.25, 0.3) is 0 Å². The molecular weight excluding hydrogens is 316 g/mol. The van der Waals surface area contributed by atoms with Crippen molar-refractivity contribution < 1.29 is 14.3 Å². The molecular formula is C20H30N2O3. The lowest BCUT2D eigenvalue weighted by Gasteiger charge is -2.34. The molecule has 1 aromatic carbocycles. The van der Waals surface area contributed by atoms with Crippen molar-refractivity contribution >= 4 is 11.8 Å². The molecule has 0 aliphatic carbocycles. The number of hydrogen-bond donors (Lipinski definition) is 1. The quantitative estimate of drug-likeness (QED) is 0.778. The minimum atomic E-state index is -0.456. The van der Waals surface area contributed by atoms with Crippen molar-refractivity contribution in [3.63, 3.8) is 0 Å². The fourth-order valence-electron chi connectivity index (χ4n) is 3.74. The number of carbonyl (C=O) groups is 1. The number of hydrogen-bond acceptors (Lipinski definition) is 4. The zero-order valence-corrected chi connectivity index (χ0v) is 16.0. The molecule has 1 fully saturated rings. The van der Waals surface area contributed by atoms with Crippen LogP contribution in [0, 0.1) is 0 Å². The van der Waals surface area contributed by atoms with Gasteiger partial charge in [-0.3, -0.25) is 0 Å². The largest absolute Gasteiger partial charge is 0.487 e. The van der Waals surface area contributed by atoms with Crippen LogP contribution < -0.4 is 10.5 Å². The molecule has 1 amide bonds. The number of nitrogens with two attached hydrogens (primary N) is 1. The summed E-state index contributed by atoms with van der Waals surface area (Å²) in [6.07, 6.45) is 2.46. The fraction of sp³-hybridized carbons (Fsp3) is 0.650. The van der Waals surface area contributed by atoms with Crippen molar-refractivity contribution in [2.45, 2.75) is 71.0 Å². The van der Waals surface area contributed by atoms with E-state index in [2.05, 4.69) is 26.0 Å². The molecule has 0 bridgehead atoms. The van der Waals surface area contributed by atoms with Crippen molar-refractivity contribution in [2.24, 2.45) is 0 Å². The lowest BCUT2D eigenvalue weighted by molar-refractivity contribution is 0.0205. The van der Waals surface area contributed by atoms with E-state index in [0.717, 1.165) is 36.3 Å². The van der Waals surface area contributed by atoms with Gasteiger partial charge in [-0.25, -0.2) is 4.79 Å². The first-order chi connectivity index (χ1) is 11.5. The van der Waals surface area contributed by atoms with Gasteiger partial charge in [-0.1, -0.05) is 0 Å². The number of rotatable bonds is 1. The predicted molar refractivity (Wildman–Crippen MR) is 99.0 cm³/mol. The zero-order chi connectivity index (χ0) is 18.4. The minimum Gasteiger partial charge on any atom is -0.487 e. The number of piperidine rings is 1. The molecule has 1 aromatic rings. The molecule has 2 heterocycles. The molecule has 138 valence electrons. The van der Waals surface area contributed by atoms with E-state index >= 15 is 0 Å². The summed E-state index contributed by atoms with van der Waals surface area (Å²) < 4.78 is 11.5. The first kappa shape index (κ1) is 17.9. The number of benzene rings is 1. The summed E-state index contributed by atoms with van der Waals surface area (Å²) in [5.74, 6) is 1.32. The Kier molecular flexibility index (Phi) is 4.38. The Morgan fingerprint density at radius 2 is 1.92 bits per heavy atom. The highest BCUT2D eigenvalue weighted by Gasteiger charge is 2.33. The van der Waals surface area contributed by atoms with Gasteiger partial charge in [0.15, 0.2) is 0 Å². The standard InChI is InChI=1S/C20H30N2O3/c1-19(2,3)25-18(23)22-8-6-13(7-9-22)15-11-17-14(10-16(15)21)12-20(4,5)24-17/h10-11,13H,6-9,12,21H2,1-5H3. The molecule has 5 nitrogen and oxygen atoms in total. The van der Waals surface area contributed by atoms with Gasteiger partial charge < -0.3 is 20.1 Å². The number of nitrogen functional groups attached to an aromatic ring is 1. The van der Waals surface area contributed by atoms with E-state index in [9.17, 15) is 4.79 Å². The van der Waals surface area contributed by atoms with E-state index in [1.165, 1.54) is 5.56 Å². The zero-order valence-electron chi connectivity index (χ0n) is 16.0. The first-order valence-corrected chi connectivity index (χ1v) is 9.13. The average Bonchev–Trinajstić information content (AvgIpc) is 2.77. The Balaban J connectivity index is 1.67. The van der Waals surface area contributed by atoms with Crippen LogP contribution in [-0.4, -0.2) is 35.3 Å². The summed E-state index contributed by atoms with van der Waals surface area (Å²) in [6, 6.07) is 4.19. The molecule has 0 unspecified atom stereocenters. The van der Waals surface area contributed by atoms with Crippen molar-refractivity contribution in [1.29, 1.82) is 0 Å². The molecule has 0 atom stereocenters. The Morgan fingerprint density at radius 3 is 2.52 bits per heavy atom. The maximum atomic E-state index is 12.2. The van der Waals surface area contributed by atoms with Crippen LogP contribution >= 0.6 is 0 Å². The second-order valence-electron chi connectivity index (χ2n) is 8.87. The lowest BCUT2D eigenvalue weighted by Crippen LogP contribution is -2.41. The van der Waals surface area contributed by atoms with Gasteiger partial charge in [0.05, 0.1) is 0 Å². The molecule has 0 saturated carbocycles. The average molecular weight is 346 g/mol. The third-order valence-corrected chi connectivity index (χ3v) is 4.86. The van der Waals surface area contributed by atoms with Gasteiger partial charge in [-0.05, 0) is 71.1 Å². The molecule has 3 rings (SSSR count). The summed E-state index contributed by atoms with van der Waals surface area (Å²) in [5, 5.41) is 0. The second kappa shape index (κ2) is 6.11. The number of ether oxygens (including phenoxy) is 2. The van der Waals surface area contributed by atoms with E-state index in [4.69, 9.17) is 15.2 Å². The Hall–Kier alpha value is -1.91. The Bertz CT molecular complexity index is 668. The van der Waals surface area contributed by atoms with Crippen molar-refractivity contribution in [3.8, 4) is 5.75 Å². The summed E-state index contributed by atoms with van der Waals surface area (Å²) in [4.78, 5) is 14.0. The van der Waals surface area contributed by atoms with E-state index in [1.54, 1.807) is 4.90 Å². The van der Waals surface area contributed by atoms with Crippen molar-refractivity contribution in [1.82, 2.24) is 4.90 Å². The van der Waals surface area contributed by atoms with Crippen LogP contribution in [0.5, 0.6) is 5.75 Å². The van der Waals surface area contributed by atoms with Crippen LogP contribution in [0.3, 0.4) is 0 Å². The Labute approximate surface area is 150 Å². The monoisotopic (exact) mass is 346 g/mol. The predicted octanol–water partition coefficient (Wildman–Crippen LogP) is 4.10. The maximum Gasteiger partial charge on any atom is 0.410 e. The molecule has 1 saturated heterocycles. The molecule has 2 N–H and O–H groups in total. The number of fused-ring (bicyclic) bond motifs is 1. The number of amides is 1.